The maximum absolute atomic E-state index is 14.5. The van der Waals surface area contributed by atoms with E-state index in [0.717, 1.165) is 0 Å². The van der Waals surface area contributed by atoms with Crippen molar-refractivity contribution in [2.45, 2.75) is 51.9 Å². The standard InChI is InChI=1S/C81H140N24O32.3Gd/c1-57(102-29-21-94(45-69(118)119)13-5-90(41-65(110)111)6-14-95(22-30-102)46-70(120)121)77(134)82-37-61(106)86-53-81(54-87-62(107)38-83-78(135)58(2)103-31-23-96(47-71(122)123)15-7-91(42-66(112)113)8-16-97(24-32-103)48-72(124)125,55-88-63(108)39-84-79(136)59(3)104-33-25-98(49-73(126)127)17-9-92(43-67(114)115)10-18-99(26-34-104)50-74(128)129)56-89-64(109)40-85-80(137)60(4)105-35-27-100(51-75(130)131)19-11-93(44-68(116)117)12-20-101(28-36-105)52-76(132)133;;;/h57-60H,5-56H2,1-4H3,(H,82,134)(H,83,135)(H,84,136)(H,85,137)(H,86,106)(H,87,107)(H,88,108)(H,89,109)(H,110,111)(H,112,113)(H,114,115)(H,116,117)(H,118,119)(H,120,121)(H,122,123)(H,124,125)(H,126,127)(H,128,129)(H,130,131)(H,132,133);;;/p-3. The van der Waals surface area contributed by atoms with E-state index in [9.17, 15) is 157 Å². The van der Waals surface area contributed by atoms with Gasteiger partial charge in [-0.05, 0) is 27.7 Å². The summed E-state index contributed by atoms with van der Waals surface area (Å²) in [6, 6.07) is -4.59. The Morgan fingerprint density at radius 3 is 0.436 bits per heavy atom. The molecule has 0 bridgehead atoms. The number of carbonyl (C=O) groups is 20. The zero-order chi connectivity index (χ0) is 102. The van der Waals surface area contributed by atoms with Gasteiger partial charge in [0.25, 0.3) is 0 Å². The molecule has 0 aromatic carbocycles. The van der Waals surface area contributed by atoms with E-state index in [-0.39, 0.29) is 329 Å². The second-order valence-electron chi connectivity index (χ2n) is 34.3. The van der Waals surface area contributed by atoms with Gasteiger partial charge in [0, 0.05) is 380 Å². The van der Waals surface area contributed by atoms with Crippen LogP contribution in [0.25, 0.3) is 0 Å². The van der Waals surface area contributed by atoms with E-state index < -0.39 is 279 Å². The summed E-state index contributed by atoms with van der Waals surface area (Å²) in [7, 11) is 0. The minimum absolute atomic E-state index is 0. The van der Waals surface area contributed by atoms with E-state index in [0.29, 0.717) is 0 Å². The summed E-state index contributed by atoms with van der Waals surface area (Å²) in [6.07, 6.45) is 0. The molecule has 0 aromatic rings. The number of aliphatic carboxylic acids is 12. The van der Waals surface area contributed by atoms with Gasteiger partial charge in [-0.2, -0.15) is 0 Å². The molecule has 0 radical (unpaired) electrons. The molecule has 140 heavy (non-hydrogen) atoms. The predicted molar refractivity (Wildman–Crippen MR) is 472 cm³/mol. The Morgan fingerprint density at radius 1 is 0.207 bits per heavy atom. The van der Waals surface area contributed by atoms with E-state index in [1.54, 1.807) is 19.6 Å². The van der Waals surface area contributed by atoms with Crippen molar-refractivity contribution < 1.29 is 277 Å². The molecule has 4 atom stereocenters. The van der Waals surface area contributed by atoms with Crippen LogP contribution in [0.3, 0.4) is 0 Å². The number of hydrogen-bond acceptors (Lipinski definition) is 39. The number of nitrogens with one attached hydrogen (secondary N) is 8. The van der Waals surface area contributed by atoms with Gasteiger partial charge in [-0.25, -0.2) is 0 Å². The van der Waals surface area contributed by atoms with Crippen LogP contribution in [0.2, 0.25) is 0 Å². The first-order chi connectivity index (χ1) is 64.6. The average molecular weight is 2430 g/mol. The largest absolute Gasteiger partial charge is 0.549 e. The summed E-state index contributed by atoms with van der Waals surface area (Å²) >= 11 is 0. The number of nitrogens with zero attached hydrogens (tertiary/aromatic N) is 16. The zero-order valence-electron chi connectivity index (χ0n) is 79.2. The number of rotatable bonds is 48. The summed E-state index contributed by atoms with van der Waals surface area (Å²) in [6.45, 7) is -6.25. The molecule has 17 N–H and O–H groups in total. The van der Waals surface area contributed by atoms with Crippen molar-refractivity contribution in [1.82, 2.24) is 121 Å². The Morgan fingerprint density at radius 2 is 0.321 bits per heavy atom. The Labute approximate surface area is 906 Å². The maximum Gasteiger partial charge on any atom is 0.317 e. The molecule has 4 rings (SSSR count). The van der Waals surface area contributed by atoms with Crippen LogP contribution in [0.1, 0.15) is 27.7 Å². The Kier molecular flexibility index (Phi) is 65.8. The fourth-order valence-corrected chi connectivity index (χ4v) is 15.6. The Balaban J connectivity index is 0.0000327. The topological polar surface area (TPSA) is 741 Å². The molecule has 0 aromatic heterocycles. The van der Waals surface area contributed by atoms with Crippen LogP contribution in [-0.4, -0.2) is 608 Å². The van der Waals surface area contributed by atoms with Crippen LogP contribution in [0.4, 0.5) is 0 Å². The van der Waals surface area contributed by atoms with Crippen LogP contribution < -0.4 is 57.9 Å². The van der Waals surface area contributed by atoms with Gasteiger partial charge in [-0.1, -0.05) is 0 Å². The van der Waals surface area contributed by atoms with Crippen molar-refractivity contribution >= 4 is 119 Å². The van der Waals surface area contributed by atoms with Gasteiger partial charge in [-0.3, -0.25) is 160 Å². The van der Waals surface area contributed by atoms with Gasteiger partial charge >= 0.3 is 53.7 Å². The number of hydrogen-bond donors (Lipinski definition) is 17. The second-order valence-corrected chi connectivity index (χ2v) is 34.3. The molecule has 4 heterocycles. The molecule has 4 aliphatic heterocycles. The smallest absolute Gasteiger partial charge is 0.317 e. The molecule has 8 amide bonds. The number of carboxylic acid groups (broad SMARTS) is 12. The van der Waals surface area contributed by atoms with E-state index in [4.69, 9.17) is 0 Å². The summed E-state index contributed by atoms with van der Waals surface area (Å²) in [4.78, 5) is 283. The van der Waals surface area contributed by atoms with Crippen molar-refractivity contribution in [2.75, 3.05) is 340 Å². The number of carboxylic acids is 12. The molecule has 59 heteroatoms. The molecule has 4 unspecified atom stereocenters. The van der Waals surface area contributed by atoms with Crippen molar-refractivity contribution in [3.8, 4) is 0 Å². The first-order valence-electron chi connectivity index (χ1n) is 45.0. The van der Waals surface area contributed by atoms with E-state index in [2.05, 4.69) is 42.5 Å². The monoisotopic (exact) mass is 2430 g/mol. The number of amides is 8. The van der Waals surface area contributed by atoms with E-state index in [1.165, 1.54) is 86.5 Å². The predicted octanol–water partition coefficient (Wildman–Crippen LogP) is -17.6. The van der Waals surface area contributed by atoms with Gasteiger partial charge < -0.3 is 118 Å². The van der Waals surface area contributed by atoms with Crippen LogP contribution in [0.15, 0.2) is 0 Å². The summed E-state index contributed by atoms with van der Waals surface area (Å²) in [5.41, 5.74) is -1.90. The molecule has 4 fully saturated rings. The normalized spacial score (nSPS) is 19.2. The molecule has 0 aliphatic carbocycles. The van der Waals surface area contributed by atoms with Gasteiger partial charge in [0.15, 0.2) is 0 Å². The second kappa shape index (κ2) is 70.5. The number of carbonyl (C=O) groups excluding carboxylic acids is 11. The molecule has 4 saturated heterocycles. The first-order valence-corrected chi connectivity index (χ1v) is 45.0. The van der Waals surface area contributed by atoms with Crippen molar-refractivity contribution in [1.29, 1.82) is 0 Å². The fourth-order valence-electron chi connectivity index (χ4n) is 15.6. The molecule has 0 saturated carbocycles. The molecule has 800 valence electrons. The van der Waals surface area contributed by atoms with Crippen molar-refractivity contribution in [2.24, 2.45) is 5.41 Å². The Hall–Kier alpha value is -7.27. The molecular formula is C81H137Gd3N24O32-3. The fraction of sp³-hybridized carbons (Fsp3) is 0.753. The van der Waals surface area contributed by atoms with Crippen molar-refractivity contribution in [3.63, 3.8) is 0 Å². The minimum Gasteiger partial charge on any atom is -0.549 e. The summed E-state index contributed by atoms with van der Waals surface area (Å²) < 4.78 is 0. The summed E-state index contributed by atoms with van der Waals surface area (Å²) in [5, 5.41) is 145. The molecule has 0 spiro atoms. The average Bonchev–Trinajstić information content (AvgIpc) is 0.844. The first kappa shape index (κ1) is 131. The van der Waals surface area contributed by atoms with E-state index in [1.807, 2.05) is 0 Å². The van der Waals surface area contributed by atoms with Gasteiger partial charge in [0.1, 0.15) is 0 Å². The van der Waals surface area contributed by atoms with Gasteiger partial charge in [0.2, 0.25) is 47.3 Å². The third-order valence-corrected chi connectivity index (χ3v) is 23.8. The van der Waals surface area contributed by atoms with Crippen molar-refractivity contribution in [3.05, 3.63) is 0 Å². The third-order valence-electron chi connectivity index (χ3n) is 23.8. The van der Waals surface area contributed by atoms with Crippen LogP contribution in [0.5, 0.6) is 0 Å². The Bertz CT molecular complexity index is 3410. The van der Waals surface area contributed by atoms with Crippen LogP contribution in [0, 0.1) is 125 Å². The third kappa shape index (κ3) is 56.9. The van der Waals surface area contributed by atoms with E-state index >= 15 is 0 Å². The van der Waals surface area contributed by atoms with Crippen LogP contribution >= 0.6 is 0 Å². The SMILES string of the molecule is CC(C(=O)NCC(=O)NCC(CNC(=O)CNC(=O)C(C)N1CCN(CC(=O)[O-])CCN(CC(=O)O)CCN(CC(=O)O)CC1)(CNC(=O)CNC(=O)C(C)N1CCN(CC(=O)O)CCN(CC(=O)O)CCN(CC(=O)O)CC1)CNC(=O)CNC(=O)C(C)N1CCN(CC(=O)O)CCN(CC(=O)O)CCN(CC(=O)O)CC1)N1CCN(CC(=O)[O-])CCN(CC(=O)[O-])CCN(CC(=O)O)CC1.[Gd].[Gd].[Gd]. The zero-order valence-corrected chi connectivity index (χ0v) is 86.0. The minimum atomic E-state index is -1.90. The van der Waals surface area contributed by atoms with Gasteiger partial charge in [-0.15, -0.1) is 0 Å². The molecule has 56 nitrogen and oxygen atoms in total. The van der Waals surface area contributed by atoms with Crippen LogP contribution in [-0.2, 0) is 95.9 Å². The quantitative estimate of drug-likeness (QED) is 0.0269. The molecule has 4 aliphatic rings. The van der Waals surface area contributed by atoms with Gasteiger partial charge in [0.05, 0.1) is 127 Å². The summed E-state index contributed by atoms with van der Waals surface area (Å²) in [5.74, 6) is -22.3. The maximum atomic E-state index is 14.5. The molecular weight excluding hydrogens is 2290 g/mol.